The van der Waals surface area contributed by atoms with Gasteiger partial charge in [-0.05, 0) is 32.0 Å². The molecule has 0 aromatic heterocycles. The van der Waals surface area contributed by atoms with Crippen LogP contribution in [0.2, 0.25) is 0 Å². The number of phenolic OH excluding ortho intramolecular Hbond substituents is 2. The van der Waals surface area contributed by atoms with Crippen LogP contribution in [0, 0.1) is 0 Å². The van der Waals surface area contributed by atoms with Gasteiger partial charge in [-0.1, -0.05) is 0 Å². The average Bonchev–Trinajstić information content (AvgIpc) is 2.30. The summed E-state index contributed by atoms with van der Waals surface area (Å²) in [6, 6.07) is 3.83. The van der Waals surface area contributed by atoms with Crippen LogP contribution < -0.4 is 5.32 Å². The summed E-state index contributed by atoms with van der Waals surface area (Å²) >= 11 is 0. The molecule has 0 fully saturated rings. The fourth-order valence-electron chi connectivity index (χ4n) is 1.31. The molecule has 0 heterocycles. The summed E-state index contributed by atoms with van der Waals surface area (Å²) in [5.41, 5.74) is 0.295. The summed E-state index contributed by atoms with van der Waals surface area (Å²) in [5.74, 6) is -0.869. The number of carbonyl (C=O) groups excluding carboxylic acids is 1. The molecule has 3 N–H and O–H groups in total. The van der Waals surface area contributed by atoms with Gasteiger partial charge in [0.15, 0.2) is 11.5 Å². The van der Waals surface area contributed by atoms with Gasteiger partial charge < -0.3 is 20.3 Å². The van der Waals surface area contributed by atoms with Crippen molar-refractivity contribution in [1.82, 2.24) is 5.32 Å². The molecule has 1 rings (SSSR count). The Labute approximate surface area is 100 Å². The van der Waals surface area contributed by atoms with Crippen LogP contribution in [-0.4, -0.2) is 35.4 Å². The Balaban J connectivity index is 2.60. The van der Waals surface area contributed by atoms with Gasteiger partial charge in [-0.2, -0.15) is 0 Å². The second-order valence-electron chi connectivity index (χ2n) is 3.74. The second kappa shape index (κ2) is 6.10. The van der Waals surface area contributed by atoms with Crippen LogP contribution in [0.5, 0.6) is 11.5 Å². The lowest BCUT2D eigenvalue weighted by atomic mass is 10.2. The van der Waals surface area contributed by atoms with Gasteiger partial charge in [0.1, 0.15) is 0 Å². The molecule has 1 atom stereocenters. The first-order valence-electron chi connectivity index (χ1n) is 5.45. The van der Waals surface area contributed by atoms with E-state index in [2.05, 4.69) is 5.32 Å². The van der Waals surface area contributed by atoms with E-state index in [0.717, 1.165) is 0 Å². The maximum Gasteiger partial charge on any atom is 0.251 e. The first-order valence-corrected chi connectivity index (χ1v) is 5.45. The Morgan fingerprint density at radius 1 is 1.41 bits per heavy atom. The number of phenols is 2. The average molecular weight is 239 g/mol. The predicted octanol–water partition coefficient (Wildman–Crippen LogP) is 1.25. The van der Waals surface area contributed by atoms with E-state index in [-0.39, 0.29) is 23.4 Å². The molecule has 94 valence electrons. The monoisotopic (exact) mass is 239 g/mol. The quantitative estimate of drug-likeness (QED) is 0.676. The van der Waals surface area contributed by atoms with Crippen molar-refractivity contribution in [3.05, 3.63) is 23.8 Å². The minimum atomic E-state index is -0.312. The molecule has 5 heteroatoms. The SMILES string of the molecule is CCOCC(C)NC(=O)c1ccc(O)c(O)c1. The van der Waals surface area contributed by atoms with Crippen molar-refractivity contribution in [3.8, 4) is 11.5 Å². The van der Waals surface area contributed by atoms with Gasteiger partial charge in [-0.15, -0.1) is 0 Å². The van der Waals surface area contributed by atoms with Gasteiger partial charge in [-0.3, -0.25) is 4.79 Å². The number of amides is 1. The third-order valence-corrected chi connectivity index (χ3v) is 2.19. The summed E-state index contributed by atoms with van der Waals surface area (Å²) in [6.45, 7) is 4.74. The first-order chi connectivity index (χ1) is 8.04. The molecule has 0 aliphatic carbocycles. The van der Waals surface area contributed by atoms with Crippen LogP contribution in [0.15, 0.2) is 18.2 Å². The maximum absolute atomic E-state index is 11.7. The third-order valence-electron chi connectivity index (χ3n) is 2.19. The molecule has 0 saturated heterocycles. The van der Waals surface area contributed by atoms with E-state index < -0.39 is 0 Å². The van der Waals surface area contributed by atoms with E-state index in [1.54, 1.807) is 0 Å². The number of rotatable bonds is 5. The zero-order chi connectivity index (χ0) is 12.8. The molecule has 1 unspecified atom stereocenters. The topological polar surface area (TPSA) is 78.8 Å². The predicted molar refractivity (Wildman–Crippen MR) is 63.2 cm³/mol. The summed E-state index contributed by atoms with van der Waals surface area (Å²) in [7, 11) is 0. The highest BCUT2D eigenvalue weighted by Crippen LogP contribution is 2.24. The van der Waals surface area contributed by atoms with Crippen molar-refractivity contribution in [2.45, 2.75) is 19.9 Å². The van der Waals surface area contributed by atoms with Crippen LogP contribution in [0.1, 0.15) is 24.2 Å². The molecule has 5 nitrogen and oxygen atoms in total. The van der Waals surface area contributed by atoms with E-state index >= 15 is 0 Å². The summed E-state index contributed by atoms with van der Waals surface area (Å²) in [6.07, 6.45) is 0. The normalized spacial score (nSPS) is 12.1. The Bertz CT molecular complexity index is 392. The fourth-order valence-corrected chi connectivity index (χ4v) is 1.31. The summed E-state index contributed by atoms with van der Waals surface area (Å²) in [4.78, 5) is 11.7. The second-order valence-corrected chi connectivity index (χ2v) is 3.74. The van der Waals surface area contributed by atoms with Gasteiger partial charge >= 0.3 is 0 Å². The van der Waals surface area contributed by atoms with Gasteiger partial charge in [0.2, 0.25) is 0 Å². The number of ether oxygens (including phenoxy) is 1. The molecule has 0 radical (unpaired) electrons. The van der Waals surface area contributed by atoms with Crippen molar-refractivity contribution in [2.75, 3.05) is 13.2 Å². The number of aromatic hydroxyl groups is 2. The molecule has 0 bridgehead atoms. The van der Waals surface area contributed by atoms with Crippen LogP contribution in [0.25, 0.3) is 0 Å². The Hall–Kier alpha value is -1.75. The zero-order valence-corrected chi connectivity index (χ0v) is 9.93. The van der Waals surface area contributed by atoms with E-state index in [1.165, 1.54) is 18.2 Å². The molecule has 0 saturated carbocycles. The molecule has 0 spiro atoms. The van der Waals surface area contributed by atoms with E-state index in [9.17, 15) is 9.90 Å². The van der Waals surface area contributed by atoms with Gasteiger partial charge in [0.05, 0.1) is 6.61 Å². The summed E-state index contributed by atoms with van der Waals surface area (Å²) < 4.78 is 5.17. The van der Waals surface area contributed by atoms with Gasteiger partial charge in [0.25, 0.3) is 5.91 Å². The molecule has 0 aliphatic rings. The highest BCUT2D eigenvalue weighted by atomic mass is 16.5. The Kier molecular flexibility index (Phi) is 4.78. The lowest BCUT2D eigenvalue weighted by Crippen LogP contribution is -2.35. The maximum atomic E-state index is 11.7. The Morgan fingerprint density at radius 2 is 2.12 bits per heavy atom. The van der Waals surface area contributed by atoms with Crippen molar-refractivity contribution < 1.29 is 19.7 Å². The van der Waals surface area contributed by atoms with E-state index in [1.807, 2.05) is 13.8 Å². The Morgan fingerprint density at radius 3 is 2.71 bits per heavy atom. The van der Waals surface area contributed by atoms with Gasteiger partial charge in [0, 0.05) is 18.2 Å². The largest absolute Gasteiger partial charge is 0.504 e. The first kappa shape index (κ1) is 13.3. The molecular formula is C12H17NO4. The molecule has 1 aromatic rings. The molecule has 0 aliphatic heterocycles. The number of nitrogens with one attached hydrogen (secondary N) is 1. The fraction of sp³-hybridized carbons (Fsp3) is 0.417. The van der Waals surface area contributed by atoms with Gasteiger partial charge in [-0.25, -0.2) is 0 Å². The van der Waals surface area contributed by atoms with Crippen LogP contribution >= 0.6 is 0 Å². The minimum Gasteiger partial charge on any atom is -0.504 e. The van der Waals surface area contributed by atoms with Crippen LogP contribution in [-0.2, 0) is 4.74 Å². The molecule has 1 amide bonds. The standard InChI is InChI=1S/C12H17NO4/c1-3-17-7-8(2)13-12(16)9-4-5-10(14)11(15)6-9/h4-6,8,14-15H,3,7H2,1-2H3,(H,13,16). The lowest BCUT2D eigenvalue weighted by Gasteiger charge is -2.13. The molecule has 17 heavy (non-hydrogen) atoms. The zero-order valence-electron chi connectivity index (χ0n) is 9.93. The smallest absolute Gasteiger partial charge is 0.251 e. The molecule has 1 aromatic carbocycles. The number of carbonyl (C=O) groups is 1. The van der Waals surface area contributed by atoms with Crippen LogP contribution in [0.3, 0.4) is 0 Å². The minimum absolute atomic E-state index is 0.113. The highest BCUT2D eigenvalue weighted by molar-refractivity contribution is 5.95. The molecular weight excluding hydrogens is 222 g/mol. The number of hydrogen-bond donors (Lipinski definition) is 3. The highest BCUT2D eigenvalue weighted by Gasteiger charge is 2.11. The lowest BCUT2D eigenvalue weighted by molar-refractivity contribution is 0.0871. The third kappa shape index (κ3) is 3.96. The van der Waals surface area contributed by atoms with Crippen molar-refractivity contribution in [1.29, 1.82) is 0 Å². The van der Waals surface area contributed by atoms with E-state index in [4.69, 9.17) is 9.84 Å². The van der Waals surface area contributed by atoms with E-state index in [0.29, 0.717) is 18.8 Å². The number of benzene rings is 1. The van der Waals surface area contributed by atoms with Crippen LogP contribution in [0.4, 0.5) is 0 Å². The summed E-state index contributed by atoms with van der Waals surface area (Å²) in [5, 5.41) is 21.1. The number of hydrogen-bond acceptors (Lipinski definition) is 4. The van der Waals surface area contributed by atoms with Crippen molar-refractivity contribution >= 4 is 5.91 Å². The van der Waals surface area contributed by atoms with Crippen molar-refractivity contribution in [3.63, 3.8) is 0 Å². The van der Waals surface area contributed by atoms with Crippen molar-refractivity contribution in [2.24, 2.45) is 0 Å².